The second kappa shape index (κ2) is 6.41. The van der Waals surface area contributed by atoms with Crippen LogP contribution in [0.4, 0.5) is 0 Å². The third-order valence-electron chi connectivity index (χ3n) is 3.42. The summed E-state index contributed by atoms with van der Waals surface area (Å²) in [7, 11) is -1.28. The molecule has 1 aliphatic heterocycles. The molecular weight excluding hydrogens is 376 g/mol. The van der Waals surface area contributed by atoms with Crippen molar-refractivity contribution in [3.05, 3.63) is 34.3 Å². The van der Waals surface area contributed by atoms with Gasteiger partial charge in [-0.3, -0.25) is 10.1 Å². The van der Waals surface area contributed by atoms with E-state index in [0.29, 0.717) is 16.5 Å². The highest BCUT2D eigenvalue weighted by Gasteiger charge is 2.32. The van der Waals surface area contributed by atoms with Crippen molar-refractivity contribution in [1.82, 2.24) is 10.2 Å². The lowest BCUT2D eigenvalue weighted by Crippen LogP contribution is -2.46. The van der Waals surface area contributed by atoms with E-state index in [0.717, 1.165) is 0 Å². The molecule has 114 valence electrons. The van der Waals surface area contributed by atoms with E-state index < -0.39 is 9.84 Å². The first-order chi connectivity index (χ1) is 9.80. The first kappa shape index (κ1) is 16.4. The van der Waals surface area contributed by atoms with Gasteiger partial charge in [0.1, 0.15) is 0 Å². The molecule has 1 heterocycles. The van der Waals surface area contributed by atoms with Crippen LogP contribution in [0.15, 0.2) is 28.7 Å². The fraction of sp³-hybridized carbons (Fsp3) is 0.385. The zero-order valence-corrected chi connectivity index (χ0v) is 14.6. The first-order valence-electron chi connectivity index (χ1n) is 6.33. The van der Waals surface area contributed by atoms with E-state index in [9.17, 15) is 13.2 Å². The molecule has 0 aliphatic carbocycles. The minimum Gasteiger partial charge on any atom is -0.348 e. The van der Waals surface area contributed by atoms with E-state index in [1.807, 2.05) is 6.07 Å². The molecule has 1 atom stereocenters. The standard InChI is InChI=1S/C13H15BrN2O3S2/c1-16(9-6-7-21(18,19)8-9)13(20)15-12(17)10-4-2-3-5-11(10)14/h2-5,9H,6-8H2,1H3,(H,15,17,20)/t9-/m0/s1. The predicted octanol–water partition coefficient (Wildman–Crippen LogP) is 1.58. The van der Waals surface area contributed by atoms with Gasteiger partial charge >= 0.3 is 0 Å². The number of carbonyl (C=O) groups is 1. The van der Waals surface area contributed by atoms with Crippen LogP contribution < -0.4 is 5.32 Å². The minimum atomic E-state index is -2.98. The predicted molar refractivity (Wildman–Crippen MR) is 89.0 cm³/mol. The molecule has 1 amide bonds. The lowest BCUT2D eigenvalue weighted by Gasteiger charge is -2.26. The van der Waals surface area contributed by atoms with Crippen molar-refractivity contribution in [3.63, 3.8) is 0 Å². The molecule has 1 N–H and O–H groups in total. The van der Waals surface area contributed by atoms with E-state index in [1.54, 1.807) is 30.1 Å². The molecule has 0 aromatic heterocycles. The zero-order chi connectivity index (χ0) is 15.6. The van der Waals surface area contributed by atoms with Crippen molar-refractivity contribution in [1.29, 1.82) is 0 Å². The summed E-state index contributed by atoms with van der Waals surface area (Å²) in [5, 5.41) is 2.87. The SMILES string of the molecule is CN(C(=S)NC(=O)c1ccccc1Br)[C@H]1CCS(=O)(=O)C1. The van der Waals surface area contributed by atoms with Crippen molar-refractivity contribution in [2.45, 2.75) is 12.5 Å². The van der Waals surface area contributed by atoms with E-state index in [-0.39, 0.29) is 28.6 Å². The van der Waals surface area contributed by atoms with E-state index in [4.69, 9.17) is 12.2 Å². The number of amides is 1. The Balaban J connectivity index is 2.02. The summed E-state index contributed by atoms with van der Waals surface area (Å²) in [6.07, 6.45) is 0.532. The molecule has 0 spiro atoms. The maximum Gasteiger partial charge on any atom is 0.258 e. The van der Waals surface area contributed by atoms with Gasteiger partial charge < -0.3 is 4.90 Å². The second-order valence-corrected chi connectivity index (χ2v) is 8.38. The number of sulfone groups is 1. The van der Waals surface area contributed by atoms with Crippen molar-refractivity contribution in [2.75, 3.05) is 18.6 Å². The highest BCUT2D eigenvalue weighted by atomic mass is 79.9. The van der Waals surface area contributed by atoms with Crippen LogP contribution >= 0.6 is 28.1 Å². The molecule has 1 aliphatic rings. The molecule has 1 saturated heterocycles. The molecule has 21 heavy (non-hydrogen) atoms. The number of thiocarbonyl (C=S) groups is 1. The smallest absolute Gasteiger partial charge is 0.258 e. The van der Waals surface area contributed by atoms with E-state index >= 15 is 0 Å². The van der Waals surface area contributed by atoms with Crippen LogP contribution in [0, 0.1) is 0 Å². The van der Waals surface area contributed by atoms with Gasteiger partial charge in [0.05, 0.1) is 17.1 Å². The summed E-state index contributed by atoms with van der Waals surface area (Å²) in [6.45, 7) is 0. The number of rotatable bonds is 2. The highest BCUT2D eigenvalue weighted by molar-refractivity contribution is 9.10. The lowest BCUT2D eigenvalue weighted by molar-refractivity contribution is 0.0972. The van der Waals surface area contributed by atoms with Crippen LogP contribution in [0.25, 0.3) is 0 Å². The Labute approximate surface area is 137 Å². The highest BCUT2D eigenvalue weighted by Crippen LogP contribution is 2.18. The quantitative estimate of drug-likeness (QED) is 0.776. The third kappa shape index (κ3) is 4.02. The van der Waals surface area contributed by atoms with Gasteiger partial charge in [0.25, 0.3) is 5.91 Å². The van der Waals surface area contributed by atoms with Gasteiger partial charge in [-0.25, -0.2) is 8.42 Å². The van der Waals surface area contributed by atoms with Crippen LogP contribution in [0.5, 0.6) is 0 Å². The van der Waals surface area contributed by atoms with Crippen LogP contribution in [-0.2, 0) is 9.84 Å². The van der Waals surface area contributed by atoms with Gasteiger partial charge in [-0.1, -0.05) is 12.1 Å². The van der Waals surface area contributed by atoms with Gasteiger partial charge in [0.2, 0.25) is 0 Å². The number of nitrogens with one attached hydrogen (secondary N) is 1. The summed E-state index contributed by atoms with van der Waals surface area (Å²) >= 11 is 8.50. The second-order valence-electron chi connectivity index (χ2n) is 4.91. The van der Waals surface area contributed by atoms with Crippen molar-refractivity contribution in [2.24, 2.45) is 0 Å². The Kier molecular flexibility index (Phi) is 5.00. The largest absolute Gasteiger partial charge is 0.348 e. The Morgan fingerprint density at radius 3 is 2.67 bits per heavy atom. The van der Waals surface area contributed by atoms with Crippen LogP contribution in [0.2, 0.25) is 0 Å². The maximum absolute atomic E-state index is 12.1. The molecule has 8 heteroatoms. The van der Waals surface area contributed by atoms with Crippen molar-refractivity contribution in [3.8, 4) is 0 Å². The Bertz CT molecular complexity index is 676. The molecule has 0 saturated carbocycles. The maximum atomic E-state index is 12.1. The topological polar surface area (TPSA) is 66.5 Å². The van der Waals surface area contributed by atoms with Gasteiger partial charge in [-0.05, 0) is 46.7 Å². The third-order valence-corrected chi connectivity index (χ3v) is 6.25. The van der Waals surface area contributed by atoms with Crippen molar-refractivity contribution < 1.29 is 13.2 Å². The number of benzene rings is 1. The number of nitrogens with zero attached hydrogens (tertiary/aromatic N) is 1. The number of carbonyl (C=O) groups excluding carboxylic acids is 1. The molecule has 0 unspecified atom stereocenters. The summed E-state index contributed by atoms with van der Waals surface area (Å²) in [6, 6.07) is 6.85. The average molecular weight is 391 g/mol. The fourth-order valence-corrected chi connectivity index (χ4v) is 4.63. The summed E-state index contributed by atoms with van der Waals surface area (Å²) in [4.78, 5) is 13.8. The van der Waals surface area contributed by atoms with Gasteiger partial charge in [-0.15, -0.1) is 0 Å². The van der Waals surface area contributed by atoms with E-state index in [1.165, 1.54) is 0 Å². The van der Waals surface area contributed by atoms with Gasteiger partial charge in [0.15, 0.2) is 14.9 Å². The molecular formula is C13H15BrN2O3S2. The zero-order valence-electron chi connectivity index (χ0n) is 11.4. The van der Waals surface area contributed by atoms with Gasteiger partial charge in [-0.2, -0.15) is 0 Å². The molecule has 0 bridgehead atoms. The summed E-state index contributed by atoms with van der Waals surface area (Å²) in [5.74, 6) is -0.0719. The number of halogens is 1. The summed E-state index contributed by atoms with van der Waals surface area (Å²) in [5.41, 5.74) is 0.479. The number of hydrogen-bond donors (Lipinski definition) is 1. The van der Waals surface area contributed by atoms with Crippen LogP contribution in [-0.4, -0.2) is 48.9 Å². The molecule has 1 fully saturated rings. The fourth-order valence-electron chi connectivity index (χ4n) is 2.14. The Hall–Kier alpha value is -0.990. The monoisotopic (exact) mass is 390 g/mol. The normalized spacial score (nSPS) is 20.0. The Morgan fingerprint density at radius 1 is 1.43 bits per heavy atom. The number of hydrogen-bond acceptors (Lipinski definition) is 4. The van der Waals surface area contributed by atoms with E-state index in [2.05, 4.69) is 21.2 Å². The van der Waals surface area contributed by atoms with Gasteiger partial charge in [0, 0.05) is 17.6 Å². The summed E-state index contributed by atoms with van der Waals surface area (Å²) < 4.78 is 23.7. The minimum absolute atomic E-state index is 0.0779. The molecule has 1 aromatic rings. The van der Waals surface area contributed by atoms with Crippen molar-refractivity contribution >= 4 is 49.0 Å². The average Bonchev–Trinajstić information content (AvgIpc) is 2.78. The Morgan fingerprint density at radius 2 is 2.10 bits per heavy atom. The molecule has 1 aromatic carbocycles. The first-order valence-corrected chi connectivity index (χ1v) is 9.35. The molecule has 5 nitrogen and oxygen atoms in total. The molecule has 0 radical (unpaired) electrons. The molecule has 2 rings (SSSR count). The lowest BCUT2D eigenvalue weighted by atomic mass is 10.2. The van der Waals surface area contributed by atoms with Crippen LogP contribution in [0.1, 0.15) is 16.8 Å². The van der Waals surface area contributed by atoms with Crippen LogP contribution in [0.3, 0.4) is 0 Å².